The van der Waals surface area contributed by atoms with Gasteiger partial charge in [-0.25, -0.2) is 4.39 Å². The molecular formula is C15H22BFO3. The molecule has 1 aromatic rings. The predicted molar refractivity (Wildman–Crippen MR) is 77.1 cm³/mol. The van der Waals surface area contributed by atoms with Crippen molar-refractivity contribution in [2.45, 2.75) is 51.7 Å². The first-order valence-electron chi connectivity index (χ1n) is 7.36. The van der Waals surface area contributed by atoms with Gasteiger partial charge in [-0.15, -0.1) is 0 Å². The van der Waals surface area contributed by atoms with Gasteiger partial charge in [-0.05, 0) is 30.4 Å². The van der Waals surface area contributed by atoms with Gasteiger partial charge in [0, 0.05) is 5.46 Å². The Morgan fingerprint density at radius 2 is 2.15 bits per heavy atom. The molecule has 0 aliphatic heterocycles. The molecule has 1 aromatic carbocycles. The average Bonchev–Trinajstić information content (AvgIpc) is 2.46. The van der Waals surface area contributed by atoms with E-state index in [-0.39, 0.29) is 11.6 Å². The summed E-state index contributed by atoms with van der Waals surface area (Å²) in [6.45, 7) is 2.60. The van der Waals surface area contributed by atoms with Crippen molar-refractivity contribution in [3.05, 3.63) is 29.6 Å². The SMILES string of the molecule is CCC1CCCC(OCc2ccc(F)c(B(O)O)c2)C1. The zero-order valence-electron chi connectivity index (χ0n) is 11.9. The van der Waals surface area contributed by atoms with Gasteiger partial charge in [-0.2, -0.15) is 0 Å². The van der Waals surface area contributed by atoms with E-state index in [2.05, 4.69) is 6.92 Å². The summed E-state index contributed by atoms with van der Waals surface area (Å²) in [6, 6.07) is 4.34. The highest BCUT2D eigenvalue weighted by molar-refractivity contribution is 6.58. The summed E-state index contributed by atoms with van der Waals surface area (Å²) < 4.78 is 19.2. The molecule has 3 nitrogen and oxygen atoms in total. The first kappa shape index (κ1) is 15.5. The third kappa shape index (κ3) is 4.04. The molecule has 2 N–H and O–H groups in total. The predicted octanol–water partition coefficient (Wildman–Crippen LogP) is 1.99. The molecule has 2 rings (SSSR count). The Balaban J connectivity index is 1.92. The van der Waals surface area contributed by atoms with Crippen molar-refractivity contribution < 1.29 is 19.2 Å². The Hall–Kier alpha value is -0.905. The van der Waals surface area contributed by atoms with Gasteiger partial charge < -0.3 is 14.8 Å². The molecule has 0 amide bonds. The highest BCUT2D eigenvalue weighted by atomic mass is 19.1. The van der Waals surface area contributed by atoms with E-state index in [9.17, 15) is 4.39 Å². The fraction of sp³-hybridized carbons (Fsp3) is 0.600. The molecule has 0 heterocycles. The van der Waals surface area contributed by atoms with E-state index in [1.807, 2.05) is 0 Å². The maximum absolute atomic E-state index is 13.4. The number of hydrogen-bond donors (Lipinski definition) is 2. The summed E-state index contributed by atoms with van der Waals surface area (Å²) in [7, 11) is -1.78. The van der Waals surface area contributed by atoms with Gasteiger partial charge in [0.05, 0.1) is 12.7 Å². The van der Waals surface area contributed by atoms with Crippen molar-refractivity contribution in [1.29, 1.82) is 0 Å². The van der Waals surface area contributed by atoms with Crippen LogP contribution in [0, 0.1) is 11.7 Å². The molecular weight excluding hydrogens is 258 g/mol. The molecule has 0 radical (unpaired) electrons. The summed E-state index contributed by atoms with van der Waals surface area (Å²) >= 11 is 0. The van der Waals surface area contributed by atoms with Gasteiger partial charge in [0.25, 0.3) is 0 Å². The molecule has 1 aliphatic rings. The second-order valence-corrected chi connectivity index (χ2v) is 5.60. The molecule has 110 valence electrons. The maximum atomic E-state index is 13.4. The van der Waals surface area contributed by atoms with Gasteiger partial charge in [0.1, 0.15) is 5.82 Å². The molecule has 5 heteroatoms. The summed E-state index contributed by atoms with van der Waals surface area (Å²) in [5.41, 5.74) is 0.675. The van der Waals surface area contributed by atoms with Crippen LogP contribution in [-0.2, 0) is 11.3 Å². The van der Waals surface area contributed by atoms with Crippen LogP contribution in [0.1, 0.15) is 44.6 Å². The molecule has 0 spiro atoms. The molecule has 2 atom stereocenters. The summed E-state index contributed by atoms with van der Waals surface area (Å²) in [4.78, 5) is 0. The Morgan fingerprint density at radius 3 is 2.85 bits per heavy atom. The van der Waals surface area contributed by atoms with Gasteiger partial charge in [-0.1, -0.05) is 38.3 Å². The maximum Gasteiger partial charge on any atom is 0.491 e. The van der Waals surface area contributed by atoms with Crippen LogP contribution in [-0.4, -0.2) is 23.3 Å². The van der Waals surface area contributed by atoms with E-state index in [1.165, 1.54) is 31.4 Å². The zero-order chi connectivity index (χ0) is 14.5. The lowest BCUT2D eigenvalue weighted by Crippen LogP contribution is -2.33. The minimum atomic E-state index is -1.78. The molecule has 0 bridgehead atoms. The van der Waals surface area contributed by atoms with Gasteiger partial charge >= 0.3 is 7.12 Å². The number of ether oxygens (including phenoxy) is 1. The fourth-order valence-electron chi connectivity index (χ4n) is 2.86. The molecule has 0 aromatic heterocycles. The molecule has 2 unspecified atom stereocenters. The lowest BCUT2D eigenvalue weighted by molar-refractivity contribution is 0.00178. The standard InChI is InChI=1S/C15H22BFO3/c1-2-11-4-3-5-13(8-11)20-10-12-6-7-15(17)14(9-12)16(18)19/h6-7,9,11,13,18-19H,2-5,8,10H2,1H3. The first-order valence-corrected chi connectivity index (χ1v) is 7.36. The third-order valence-corrected chi connectivity index (χ3v) is 4.14. The van der Waals surface area contributed by atoms with Crippen LogP contribution in [0.4, 0.5) is 4.39 Å². The molecule has 1 aliphatic carbocycles. The summed E-state index contributed by atoms with van der Waals surface area (Å²) in [5, 5.41) is 18.2. The van der Waals surface area contributed by atoms with Crippen molar-refractivity contribution >= 4 is 12.6 Å². The summed E-state index contributed by atoms with van der Waals surface area (Å²) in [5.74, 6) is 0.143. The average molecular weight is 280 g/mol. The van der Waals surface area contributed by atoms with Crippen LogP contribution in [0.15, 0.2) is 18.2 Å². The topological polar surface area (TPSA) is 49.7 Å². The van der Waals surface area contributed by atoms with Gasteiger partial charge in [-0.3, -0.25) is 0 Å². The normalized spacial score (nSPS) is 22.8. The van der Waals surface area contributed by atoms with Crippen LogP contribution in [0.25, 0.3) is 0 Å². The molecule has 1 fully saturated rings. The van der Waals surface area contributed by atoms with E-state index in [4.69, 9.17) is 14.8 Å². The van der Waals surface area contributed by atoms with Crippen molar-refractivity contribution in [3.8, 4) is 0 Å². The van der Waals surface area contributed by atoms with Crippen molar-refractivity contribution in [2.75, 3.05) is 0 Å². The fourth-order valence-corrected chi connectivity index (χ4v) is 2.86. The Kier molecular flexibility index (Phi) is 5.58. The van der Waals surface area contributed by atoms with Crippen molar-refractivity contribution in [2.24, 2.45) is 5.92 Å². The minimum absolute atomic E-state index is 0.0961. The van der Waals surface area contributed by atoms with Gasteiger partial charge in [0.15, 0.2) is 0 Å². The lowest BCUT2D eigenvalue weighted by Gasteiger charge is -2.28. The number of rotatable bonds is 5. The molecule has 20 heavy (non-hydrogen) atoms. The zero-order valence-corrected chi connectivity index (χ0v) is 11.9. The third-order valence-electron chi connectivity index (χ3n) is 4.14. The van der Waals surface area contributed by atoms with Crippen LogP contribution in [0.3, 0.4) is 0 Å². The van der Waals surface area contributed by atoms with E-state index >= 15 is 0 Å². The first-order chi connectivity index (χ1) is 9.60. The lowest BCUT2D eigenvalue weighted by atomic mass is 9.79. The Bertz CT molecular complexity index is 439. The second-order valence-electron chi connectivity index (χ2n) is 5.60. The molecule has 0 saturated heterocycles. The quantitative estimate of drug-likeness (QED) is 0.811. The van der Waals surface area contributed by atoms with Crippen molar-refractivity contribution in [1.82, 2.24) is 0 Å². The van der Waals surface area contributed by atoms with E-state index < -0.39 is 12.9 Å². The number of hydrogen-bond acceptors (Lipinski definition) is 3. The highest BCUT2D eigenvalue weighted by Gasteiger charge is 2.22. The van der Waals surface area contributed by atoms with Crippen LogP contribution in [0.5, 0.6) is 0 Å². The largest absolute Gasteiger partial charge is 0.491 e. The number of benzene rings is 1. The smallest absolute Gasteiger partial charge is 0.423 e. The number of halogens is 1. The minimum Gasteiger partial charge on any atom is -0.423 e. The van der Waals surface area contributed by atoms with Crippen LogP contribution < -0.4 is 5.46 Å². The van der Waals surface area contributed by atoms with E-state index in [1.54, 1.807) is 6.07 Å². The summed E-state index contributed by atoms with van der Waals surface area (Å²) in [6.07, 6.45) is 6.11. The highest BCUT2D eigenvalue weighted by Crippen LogP contribution is 2.28. The van der Waals surface area contributed by atoms with Crippen molar-refractivity contribution in [3.63, 3.8) is 0 Å². The monoisotopic (exact) mass is 280 g/mol. The van der Waals surface area contributed by atoms with Crippen LogP contribution >= 0.6 is 0 Å². The van der Waals surface area contributed by atoms with E-state index in [0.717, 1.165) is 24.3 Å². The molecule has 1 saturated carbocycles. The van der Waals surface area contributed by atoms with Gasteiger partial charge in [0.2, 0.25) is 0 Å². The van der Waals surface area contributed by atoms with E-state index in [0.29, 0.717) is 6.61 Å². The van der Waals surface area contributed by atoms with Crippen LogP contribution in [0.2, 0.25) is 0 Å². The Labute approximate surface area is 119 Å². The Morgan fingerprint density at radius 1 is 1.35 bits per heavy atom. The second kappa shape index (κ2) is 7.20.